The van der Waals surface area contributed by atoms with E-state index in [0.29, 0.717) is 5.92 Å². The fraction of sp³-hybridized carbons (Fsp3) is 0.692. The molecule has 4 heteroatoms. The number of hydrogen-bond donors (Lipinski definition) is 1. The highest BCUT2D eigenvalue weighted by Gasteiger charge is 2.18. The van der Waals surface area contributed by atoms with Gasteiger partial charge in [0.15, 0.2) is 0 Å². The second-order valence-electron chi connectivity index (χ2n) is 5.09. The summed E-state index contributed by atoms with van der Waals surface area (Å²) in [6.07, 6.45) is 3.83. The summed E-state index contributed by atoms with van der Waals surface area (Å²) >= 11 is 0. The highest BCUT2D eigenvalue weighted by molar-refractivity contribution is 5.31. The minimum Gasteiger partial charge on any atom is -0.474 e. The van der Waals surface area contributed by atoms with Crippen molar-refractivity contribution in [3.05, 3.63) is 17.6 Å². The summed E-state index contributed by atoms with van der Waals surface area (Å²) in [5.74, 6) is 1.40. The third kappa shape index (κ3) is 3.16. The second kappa shape index (κ2) is 5.45. The molecule has 4 nitrogen and oxygen atoms in total. The molecular weight excluding hydrogens is 214 g/mol. The third-order valence-electron chi connectivity index (χ3n) is 2.95. The molecule has 1 aromatic heterocycles. The second-order valence-corrected chi connectivity index (χ2v) is 5.09. The largest absolute Gasteiger partial charge is 0.474 e. The zero-order valence-corrected chi connectivity index (χ0v) is 10.9. The van der Waals surface area contributed by atoms with Gasteiger partial charge in [-0.3, -0.25) is 0 Å². The van der Waals surface area contributed by atoms with Crippen LogP contribution in [-0.2, 0) is 13.0 Å². The van der Waals surface area contributed by atoms with Crippen LogP contribution in [0.15, 0.2) is 6.33 Å². The molecule has 1 aromatic rings. The van der Waals surface area contributed by atoms with E-state index in [1.165, 1.54) is 0 Å². The number of aromatic nitrogens is 2. The van der Waals surface area contributed by atoms with Gasteiger partial charge in [-0.05, 0) is 19.3 Å². The Morgan fingerprint density at radius 2 is 2.18 bits per heavy atom. The van der Waals surface area contributed by atoms with E-state index in [4.69, 9.17) is 4.74 Å². The van der Waals surface area contributed by atoms with Crippen LogP contribution in [0.4, 0.5) is 0 Å². The van der Waals surface area contributed by atoms with Gasteiger partial charge in [0.05, 0.1) is 11.8 Å². The first-order chi connectivity index (χ1) is 8.16. The predicted molar refractivity (Wildman–Crippen MR) is 67.0 cm³/mol. The number of nitrogens with one attached hydrogen (secondary N) is 1. The van der Waals surface area contributed by atoms with Crippen LogP contribution in [0.1, 0.15) is 38.4 Å². The van der Waals surface area contributed by atoms with Crippen LogP contribution in [0.3, 0.4) is 0 Å². The van der Waals surface area contributed by atoms with Crippen molar-refractivity contribution in [3.8, 4) is 5.88 Å². The first-order valence-corrected chi connectivity index (χ1v) is 6.37. The molecule has 1 aliphatic rings. The number of ether oxygens (including phenoxy) is 1. The van der Waals surface area contributed by atoms with Crippen molar-refractivity contribution in [1.29, 1.82) is 0 Å². The summed E-state index contributed by atoms with van der Waals surface area (Å²) in [6.45, 7) is 8.32. The average Bonchev–Trinajstić information content (AvgIpc) is 2.28. The molecule has 0 amide bonds. The van der Waals surface area contributed by atoms with Gasteiger partial charge in [0, 0.05) is 25.1 Å². The lowest BCUT2D eigenvalue weighted by Gasteiger charge is -2.21. The van der Waals surface area contributed by atoms with Crippen LogP contribution in [0, 0.1) is 5.92 Å². The highest BCUT2D eigenvalue weighted by atomic mass is 16.5. The van der Waals surface area contributed by atoms with Crippen molar-refractivity contribution in [2.24, 2.45) is 5.92 Å². The van der Waals surface area contributed by atoms with Gasteiger partial charge in [-0.25, -0.2) is 9.97 Å². The summed E-state index contributed by atoms with van der Waals surface area (Å²) in [7, 11) is 0. The molecule has 1 unspecified atom stereocenters. The van der Waals surface area contributed by atoms with E-state index >= 15 is 0 Å². The molecule has 0 saturated carbocycles. The van der Waals surface area contributed by atoms with Crippen LogP contribution in [0.2, 0.25) is 0 Å². The van der Waals surface area contributed by atoms with E-state index in [2.05, 4.69) is 36.1 Å². The number of fused-ring (bicyclic) bond motifs is 1. The summed E-state index contributed by atoms with van der Waals surface area (Å²) in [4.78, 5) is 8.58. The molecule has 0 radical (unpaired) electrons. The van der Waals surface area contributed by atoms with E-state index in [1.54, 1.807) is 6.33 Å². The van der Waals surface area contributed by atoms with Crippen LogP contribution < -0.4 is 10.1 Å². The zero-order chi connectivity index (χ0) is 12.3. The van der Waals surface area contributed by atoms with Gasteiger partial charge >= 0.3 is 0 Å². The maximum atomic E-state index is 5.93. The van der Waals surface area contributed by atoms with Gasteiger partial charge in [-0.1, -0.05) is 13.8 Å². The molecule has 2 rings (SSSR count). The van der Waals surface area contributed by atoms with E-state index in [-0.39, 0.29) is 6.10 Å². The summed E-state index contributed by atoms with van der Waals surface area (Å²) in [5.41, 5.74) is 2.26. The van der Waals surface area contributed by atoms with Crippen molar-refractivity contribution in [1.82, 2.24) is 15.3 Å². The van der Waals surface area contributed by atoms with Gasteiger partial charge in [-0.15, -0.1) is 0 Å². The number of nitrogens with zero attached hydrogens (tertiary/aromatic N) is 2. The number of hydrogen-bond acceptors (Lipinski definition) is 4. The Bertz CT molecular complexity index is 379. The molecule has 94 valence electrons. The summed E-state index contributed by atoms with van der Waals surface area (Å²) in [6, 6.07) is 0. The Morgan fingerprint density at radius 1 is 1.35 bits per heavy atom. The molecule has 0 aliphatic carbocycles. The Hall–Kier alpha value is -1.16. The lowest BCUT2D eigenvalue weighted by Crippen LogP contribution is -2.26. The van der Waals surface area contributed by atoms with Crippen LogP contribution in [-0.4, -0.2) is 22.6 Å². The van der Waals surface area contributed by atoms with Gasteiger partial charge < -0.3 is 10.1 Å². The molecule has 0 saturated heterocycles. The molecule has 1 aliphatic heterocycles. The molecule has 2 heterocycles. The fourth-order valence-electron chi connectivity index (χ4n) is 2.25. The van der Waals surface area contributed by atoms with Gasteiger partial charge in [0.1, 0.15) is 6.33 Å². The predicted octanol–water partition coefficient (Wildman–Crippen LogP) is 1.94. The topological polar surface area (TPSA) is 47.0 Å². The van der Waals surface area contributed by atoms with Crippen molar-refractivity contribution < 1.29 is 4.74 Å². The molecule has 17 heavy (non-hydrogen) atoms. The van der Waals surface area contributed by atoms with Crippen molar-refractivity contribution in [2.45, 2.75) is 46.3 Å². The molecule has 1 N–H and O–H groups in total. The normalized spacial score (nSPS) is 16.7. The van der Waals surface area contributed by atoms with E-state index in [0.717, 1.165) is 43.1 Å². The highest BCUT2D eigenvalue weighted by Crippen LogP contribution is 2.22. The standard InChI is InChI=1S/C13H21N3O/c1-9(2)6-10(3)17-13-11-7-14-5-4-12(11)15-8-16-13/h8-10,14H,4-7H2,1-3H3. The van der Waals surface area contributed by atoms with Gasteiger partial charge in [-0.2, -0.15) is 0 Å². The third-order valence-corrected chi connectivity index (χ3v) is 2.95. The maximum Gasteiger partial charge on any atom is 0.221 e. The minimum atomic E-state index is 0.205. The van der Waals surface area contributed by atoms with Gasteiger partial charge in [0.2, 0.25) is 5.88 Å². The van der Waals surface area contributed by atoms with E-state index < -0.39 is 0 Å². The molecule has 0 bridgehead atoms. The SMILES string of the molecule is CC(C)CC(C)Oc1ncnc2c1CNCC2. The molecular formula is C13H21N3O. The van der Waals surface area contributed by atoms with Crippen molar-refractivity contribution in [2.75, 3.05) is 6.54 Å². The van der Waals surface area contributed by atoms with Crippen LogP contribution in [0.25, 0.3) is 0 Å². The smallest absolute Gasteiger partial charge is 0.221 e. The van der Waals surface area contributed by atoms with Gasteiger partial charge in [0.25, 0.3) is 0 Å². The summed E-state index contributed by atoms with van der Waals surface area (Å²) in [5, 5.41) is 3.34. The van der Waals surface area contributed by atoms with Crippen LogP contribution >= 0.6 is 0 Å². The van der Waals surface area contributed by atoms with Crippen molar-refractivity contribution in [3.63, 3.8) is 0 Å². The molecule has 0 spiro atoms. The fourth-order valence-corrected chi connectivity index (χ4v) is 2.25. The Kier molecular flexibility index (Phi) is 3.94. The molecule has 0 fully saturated rings. The van der Waals surface area contributed by atoms with Crippen molar-refractivity contribution >= 4 is 0 Å². The first-order valence-electron chi connectivity index (χ1n) is 6.37. The maximum absolute atomic E-state index is 5.93. The Labute approximate surface area is 103 Å². The van der Waals surface area contributed by atoms with Crippen LogP contribution in [0.5, 0.6) is 5.88 Å². The Morgan fingerprint density at radius 3 is 2.94 bits per heavy atom. The number of rotatable bonds is 4. The summed E-state index contributed by atoms with van der Waals surface area (Å²) < 4.78 is 5.93. The lowest BCUT2D eigenvalue weighted by atomic mass is 10.1. The quantitative estimate of drug-likeness (QED) is 0.866. The Balaban J connectivity index is 2.10. The average molecular weight is 235 g/mol. The van der Waals surface area contributed by atoms with E-state index in [1.807, 2.05) is 0 Å². The minimum absolute atomic E-state index is 0.205. The zero-order valence-electron chi connectivity index (χ0n) is 10.9. The molecule has 0 aromatic carbocycles. The molecule has 1 atom stereocenters. The first kappa shape index (κ1) is 12.3. The monoisotopic (exact) mass is 235 g/mol. The van der Waals surface area contributed by atoms with E-state index in [9.17, 15) is 0 Å². The lowest BCUT2D eigenvalue weighted by molar-refractivity contribution is 0.182.